The van der Waals surface area contributed by atoms with Gasteiger partial charge in [-0.25, -0.2) is 15.4 Å². The molecule has 8 nitrogen and oxygen atoms in total. The van der Waals surface area contributed by atoms with Gasteiger partial charge in [0.05, 0.1) is 18.1 Å². The minimum absolute atomic E-state index is 0. The van der Waals surface area contributed by atoms with E-state index >= 15 is 0 Å². The summed E-state index contributed by atoms with van der Waals surface area (Å²) in [4.78, 5) is 24.4. The molecule has 0 unspecified atom stereocenters. The number of carbonyl (C=O) groups excluding carboxylic acids is 1. The van der Waals surface area contributed by atoms with Crippen LogP contribution in [-0.2, 0) is 6.54 Å². The number of nitrogens with zero attached hydrogens (tertiary/aromatic N) is 4. The zero-order valence-corrected chi connectivity index (χ0v) is 15.1. The molecule has 1 amide bonds. The van der Waals surface area contributed by atoms with Crippen molar-refractivity contribution in [1.29, 1.82) is 0 Å². The molecule has 2 fully saturated rings. The Morgan fingerprint density at radius 3 is 2.54 bits per heavy atom. The highest BCUT2D eigenvalue weighted by molar-refractivity contribution is 5.92. The van der Waals surface area contributed by atoms with Gasteiger partial charge in [-0.15, -0.1) is 12.4 Å². The Bertz CT molecular complexity index is 721. The number of hydrogen-bond acceptors (Lipinski definition) is 7. The number of furan rings is 1. The fraction of sp³-hybridized carbons (Fsp3) is 0.471. The summed E-state index contributed by atoms with van der Waals surface area (Å²) in [6.45, 7) is 5.06. The Morgan fingerprint density at radius 1 is 1.27 bits per heavy atom. The van der Waals surface area contributed by atoms with Gasteiger partial charge in [0, 0.05) is 50.7 Å². The molecule has 2 aromatic heterocycles. The van der Waals surface area contributed by atoms with E-state index < -0.39 is 5.91 Å². The lowest BCUT2D eigenvalue weighted by atomic mass is 9.72. The fourth-order valence-corrected chi connectivity index (χ4v) is 3.82. The Kier molecular flexibility index (Phi) is 5.45. The molecule has 2 aliphatic rings. The van der Waals surface area contributed by atoms with Crippen molar-refractivity contribution in [3.05, 3.63) is 42.1 Å². The number of aromatic nitrogens is 2. The van der Waals surface area contributed by atoms with E-state index in [1.54, 1.807) is 11.7 Å². The number of rotatable bonds is 4. The van der Waals surface area contributed by atoms with Gasteiger partial charge < -0.3 is 9.32 Å². The molecular weight excluding hydrogens is 358 g/mol. The monoisotopic (exact) mass is 379 g/mol. The summed E-state index contributed by atoms with van der Waals surface area (Å²) in [6.07, 6.45) is 8.65. The van der Waals surface area contributed by atoms with Gasteiger partial charge >= 0.3 is 0 Å². The Balaban J connectivity index is 0.00000196. The molecule has 1 spiro atoms. The van der Waals surface area contributed by atoms with Crippen LogP contribution in [0.4, 0.5) is 5.95 Å². The highest BCUT2D eigenvalue weighted by atomic mass is 35.5. The van der Waals surface area contributed by atoms with Crippen LogP contribution in [0.15, 0.2) is 35.4 Å². The second-order valence-electron chi connectivity index (χ2n) is 6.98. The lowest BCUT2D eigenvalue weighted by molar-refractivity contribution is -0.0242. The van der Waals surface area contributed by atoms with Crippen molar-refractivity contribution < 1.29 is 14.4 Å². The number of hydrogen-bond donors (Lipinski definition) is 2. The van der Waals surface area contributed by atoms with Crippen LogP contribution in [0.5, 0.6) is 0 Å². The van der Waals surface area contributed by atoms with Crippen molar-refractivity contribution in [3.8, 4) is 0 Å². The first kappa shape index (κ1) is 18.6. The zero-order valence-electron chi connectivity index (χ0n) is 14.3. The van der Waals surface area contributed by atoms with Crippen LogP contribution in [-0.4, -0.2) is 52.2 Å². The summed E-state index contributed by atoms with van der Waals surface area (Å²) >= 11 is 0. The molecule has 2 aliphatic heterocycles. The smallest absolute Gasteiger partial charge is 0.277 e. The predicted molar refractivity (Wildman–Crippen MR) is 96.4 cm³/mol. The molecule has 2 aromatic rings. The number of hydroxylamine groups is 1. The highest BCUT2D eigenvalue weighted by Crippen LogP contribution is 2.41. The van der Waals surface area contributed by atoms with Crippen LogP contribution >= 0.6 is 12.4 Å². The van der Waals surface area contributed by atoms with Crippen LogP contribution < -0.4 is 10.4 Å². The van der Waals surface area contributed by atoms with Crippen LogP contribution in [0, 0.1) is 5.41 Å². The van der Waals surface area contributed by atoms with E-state index in [9.17, 15) is 4.79 Å². The van der Waals surface area contributed by atoms with Gasteiger partial charge in [-0.05, 0) is 24.3 Å². The Morgan fingerprint density at radius 2 is 1.96 bits per heavy atom. The molecular formula is C17H22ClN5O3. The van der Waals surface area contributed by atoms with E-state index in [1.807, 2.05) is 12.3 Å². The second kappa shape index (κ2) is 7.61. The summed E-state index contributed by atoms with van der Waals surface area (Å²) in [7, 11) is 0. The average Bonchev–Trinajstić information content (AvgIpc) is 3.14. The lowest BCUT2D eigenvalue weighted by Crippen LogP contribution is -2.59. The summed E-state index contributed by atoms with van der Waals surface area (Å²) in [5.74, 6) is 0.0373. The molecule has 26 heavy (non-hydrogen) atoms. The molecule has 2 N–H and O–H groups in total. The van der Waals surface area contributed by atoms with Crippen molar-refractivity contribution in [2.75, 3.05) is 31.1 Å². The summed E-state index contributed by atoms with van der Waals surface area (Å²) in [5, 5.41) is 8.62. The molecule has 0 aromatic carbocycles. The third-order valence-corrected chi connectivity index (χ3v) is 5.21. The summed E-state index contributed by atoms with van der Waals surface area (Å²) in [6, 6.07) is 2.02. The van der Waals surface area contributed by atoms with E-state index in [-0.39, 0.29) is 18.0 Å². The number of amides is 1. The standard InChI is InChI=1S/C17H21N5O3.ClH/c23-15(20-24)14-7-18-16(19-8-14)22-4-2-17(3-5-22)11-21(12-17)9-13-1-6-25-10-13;/h1,6-8,10,24H,2-5,9,11-12H2,(H,20,23);1H. The van der Waals surface area contributed by atoms with Crippen molar-refractivity contribution in [2.45, 2.75) is 19.4 Å². The number of nitrogens with one attached hydrogen (secondary N) is 1. The SMILES string of the molecule is Cl.O=C(NO)c1cnc(N2CCC3(CC2)CN(Cc2ccoc2)C3)nc1. The molecule has 2 saturated heterocycles. The molecule has 0 saturated carbocycles. The predicted octanol–water partition coefficient (Wildman–Crippen LogP) is 1.71. The van der Waals surface area contributed by atoms with Gasteiger partial charge in [0.15, 0.2) is 0 Å². The zero-order chi connectivity index (χ0) is 17.3. The third-order valence-electron chi connectivity index (χ3n) is 5.21. The molecule has 9 heteroatoms. The number of carbonyl (C=O) groups is 1. The van der Waals surface area contributed by atoms with E-state index in [0.29, 0.717) is 11.4 Å². The largest absolute Gasteiger partial charge is 0.472 e. The van der Waals surface area contributed by atoms with Crippen LogP contribution in [0.25, 0.3) is 0 Å². The maximum absolute atomic E-state index is 11.3. The van der Waals surface area contributed by atoms with Crippen molar-refractivity contribution in [2.24, 2.45) is 5.41 Å². The van der Waals surface area contributed by atoms with Gasteiger partial charge in [0.2, 0.25) is 5.95 Å². The molecule has 0 bridgehead atoms. The molecule has 0 atom stereocenters. The quantitative estimate of drug-likeness (QED) is 0.616. The first-order valence-corrected chi connectivity index (χ1v) is 8.42. The second-order valence-corrected chi connectivity index (χ2v) is 6.98. The number of likely N-dealkylation sites (tertiary alicyclic amines) is 1. The highest BCUT2D eigenvalue weighted by Gasteiger charge is 2.44. The van der Waals surface area contributed by atoms with Gasteiger partial charge in [-0.1, -0.05) is 0 Å². The maximum atomic E-state index is 11.3. The van der Waals surface area contributed by atoms with E-state index in [0.717, 1.165) is 45.6 Å². The van der Waals surface area contributed by atoms with Gasteiger partial charge in [-0.3, -0.25) is 14.9 Å². The molecule has 140 valence electrons. The molecule has 4 rings (SSSR count). The van der Waals surface area contributed by atoms with Crippen molar-refractivity contribution in [1.82, 2.24) is 20.3 Å². The first-order valence-electron chi connectivity index (χ1n) is 8.42. The van der Waals surface area contributed by atoms with E-state index in [2.05, 4.69) is 19.8 Å². The summed E-state index contributed by atoms with van der Waals surface area (Å²) in [5.41, 5.74) is 3.47. The first-order chi connectivity index (χ1) is 12.2. The topological polar surface area (TPSA) is 94.7 Å². The van der Waals surface area contributed by atoms with Crippen LogP contribution in [0.2, 0.25) is 0 Å². The Labute approximate surface area is 157 Å². The minimum atomic E-state index is -0.601. The molecule has 0 radical (unpaired) electrons. The van der Waals surface area contributed by atoms with E-state index in [1.165, 1.54) is 18.0 Å². The molecule has 4 heterocycles. The van der Waals surface area contributed by atoms with Gasteiger partial charge in [0.1, 0.15) is 0 Å². The lowest BCUT2D eigenvalue weighted by Gasteiger charge is -2.54. The average molecular weight is 380 g/mol. The maximum Gasteiger partial charge on any atom is 0.277 e. The number of piperidine rings is 1. The number of halogens is 1. The van der Waals surface area contributed by atoms with Crippen LogP contribution in [0.3, 0.4) is 0 Å². The summed E-state index contributed by atoms with van der Waals surface area (Å²) < 4.78 is 5.13. The third kappa shape index (κ3) is 3.67. The van der Waals surface area contributed by atoms with Crippen molar-refractivity contribution >= 4 is 24.3 Å². The fourth-order valence-electron chi connectivity index (χ4n) is 3.82. The van der Waals surface area contributed by atoms with Gasteiger partial charge in [0.25, 0.3) is 5.91 Å². The van der Waals surface area contributed by atoms with Crippen molar-refractivity contribution in [3.63, 3.8) is 0 Å². The van der Waals surface area contributed by atoms with Crippen LogP contribution in [0.1, 0.15) is 28.8 Å². The minimum Gasteiger partial charge on any atom is -0.472 e. The number of anilines is 1. The van der Waals surface area contributed by atoms with E-state index in [4.69, 9.17) is 9.62 Å². The Hall–Kier alpha value is -2.16. The molecule has 0 aliphatic carbocycles. The van der Waals surface area contributed by atoms with Gasteiger partial charge in [-0.2, -0.15) is 0 Å². The normalized spacial score (nSPS) is 18.9.